The summed E-state index contributed by atoms with van der Waals surface area (Å²) < 4.78 is 12.8. The van der Waals surface area contributed by atoms with Crippen LogP contribution in [0.15, 0.2) is 24.3 Å². The molecule has 0 heterocycles. The lowest BCUT2D eigenvalue weighted by Gasteiger charge is -2.22. The summed E-state index contributed by atoms with van der Waals surface area (Å²) in [5, 5.41) is 2.34. The molecule has 0 radical (unpaired) electrons. The van der Waals surface area contributed by atoms with E-state index in [0.29, 0.717) is 12.0 Å². The third-order valence-electron chi connectivity index (χ3n) is 3.40. The number of benzene rings is 1. The minimum Gasteiger partial charge on any atom is -0.352 e. The topological polar surface area (TPSA) is 113 Å². The van der Waals surface area contributed by atoms with Crippen LogP contribution < -0.4 is 21.9 Å². The van der Waals surface area contributed by atoms with Crippen LogP contribution in [0.25, 0.3) is 0 Å². The van der Waals surface area contributed by atoms with Crippen molar-refractivity contribution in [2.24, 2.45) is 11.7 Å². The van der Waals surface area contributed by atoms with E-state index in [1.807, 2.05) is 6.92 Å². The molecule has 1 aromatic carbocycles. The van der Waals surface area contributed by atoms with Crippen LogP contribution in [-0.4, -0.2) is 23.9 Å². The second-order valence-corrected chi connectivity index (χ2v) is 5.21. The number of halogens is 1. The summed E-state index contributed by atoms with van der Waals surface area (Å²) in [7, 11) is 0. The lowest BCUT2D eigenvalue weighted by Crippen LogP contribution is -2.55. The number of carbonyl (C=O) groups excluding carboxylic acids is 3. The summed E-state index contributed by atoms with van der Waals surface area (Å²) in [6.07, 6.45) is 0.625. The number of hydrazine groups is 1. The largest absolute Gasteiger partial charge is 0.352 e. The van der Waals surface area contributed by atoms with Crippen LogP contribution >= 0.6 is 0 Å². The Balaban J connectivity index is 2.53. The minimum absolute atomic E-state index is 0.0161. The fourth-order valence-corrected chi connectivity index (χ4v) is 1.90. The van der Waals surface area contributed by atoms with Crippen molar-refractivity contribution in [2.45, 2.75) is 32.7 Å². The average Bonchev–Trinajstić information content (AvgIpc) is 2.51. The lowest BCUT2D eigenvalue weighted by atomic mass is 9.99. The Bertz CT molecular complexity index is 562. The fourth-order valence-electron chi connectivity index (χ4n) is 1.90. The Morgan fingerprint density at radius 3 is 2.30 bits per heavy atom. The number of primary amides is 1. The number of hydrogen-bond acceptors (Lipinski definition) is 3. The summed E-state index contributed by atoms with van der Waals surface area (Å²) >= 11 is 0. The van der Waals surface area contributed by atoms with Gasteiger partial charge in [-0.05, 0) is 23.6 Å². The Morgan fingerprint density at radius 1 is 1.17 bits per heavy atom. The maximum absolute atomic E-state index is 12.8. The van der Waals surface area contributed by atoms with Gasteiger partial charge in [-0.1, -0.05) is 32.4 Å². The Kier molecular flexibility index (Phi) is 6.98. The van der Waals surface area contributed by atoms with E-state index in [2.05, 4.69) is 16.2 Å². The van der Waals surface area contributed by atoms with Gasteiger partial charge < -0.3 is 11.1 Å². The van der Waals surface area contributed by atoms with Crippen LogP contribution in [0.5, 0.6) is 0 Å². The molecule has 0 bridgehead atoms. The highest BCUT2D eigenvalue weighted by Gasteiger charge is 2.25. The quantitative estimate of drug-likeness (QED) is 0.575. The van der Waals surface area contributed by atoms with E-state index in [0.717, 1.165) is 0 Å². The van der Waals surface area contributed by atoms with Crippen molar-refractivity contribution in [1.82, 2.24) is 16.2 Å². The van der Waals surface area contributed by atoms with Crippen molar-refractivity contribution < 1.29 is 18.8 Å². The zero-order chi connectivity index (χ0) is 17.4. The summed E-state index contributed by atoms with van der Waals surface area (Å²) in [6, 6.07) is 3.79. The molecule has 8 heteroatoms. The molecule has 7 nitrogen and oxygen atoms in total. The van der Waals surface area contributed by atoms with Gasteiger partial charge in [-0.25, -0.2) is 9.18 Å². The smallest absolute Gasteiger partial charge is 0.312 e. The van der Waals surface area contributed by atoms with E-state index in [1.165, 1.54) is 24.3 Å². The number of nitrogens with two attached hydrogens (primary N) is 1. The normalized spacial score (nSPS) is 12.8. The zero-order valence-corrected chi connectivity index (χ0v) is 13.1. The van der Waals surface area contributed by atoms with Crippen LogP contribution in [0.2, 0.25) is 0 Å². The first kappa shape index (κ1) is 18.4. The highest BCUT2D eigenvalue weighted by Crippen LogP contribution is 2.07. The third kappa shape index (κ3) is 6.33. The molecule has 0 aliphatic rings. The molecule has 4 amide bonds. The van der Waals surface area contributed by atoms with E-state index < -0.39 is 29.7 Å². The summed E-state index contributed by atoms with van der Waals surface area (Å²) in [5.41, 5.74) is 10.2. The Morgan fingerprint density at radius 2 is 1.78 bits per heavy atom. The van der Waals surface area contributed by atoms with Crippen LogP contribution in [0, 0.1) is 11.7 Å². The number of urea groups is 1. The van der Waals surface area contributed by atoms with Gasteiger partial charge in [0.25, 0.3) is 5.91 Å². The van der Waals surface area contributed by atoms with Gasteiger partial charge in [0.1, 0.15) is 11.9 Å². The first-order chi connectivity index (χ1) is 10.8. The van der Waals surface area contributed by atoms with Crippen LogP contribution in [0.4, 0.5) is 9.18 Å². The Hall–Kier alpha value is -2.64. The van der Waals surface area contributed by atoms with Gasteiger partial charge in [0.15, 0.2) is 0 Å². The summed E-state index contributed by atoms with van der Waals surface area (Å²) in [5.74, 6) is -1.58. The monoisotopic (exact) mass is 324 g/mol. The molecule has 0 saturated carbocycles. The molecule has 0 unspecified atom stereocenters. The third-order valence-corrected chi connectivity index (χ3v) is 3.40. The summed E-state index contributed by atoms with van der Waals surface area (Å²) in [4.78, 5) is 34.7. The predicted octanol–water partition coefficient (Wildman–Crippen LogP) is 0.599. The maximum atomic E-state index is 12.8. The minimum atomic E-state index is -0.844. The van der Waals surface area contributed by atoms with Crippen LogP contribution in [0.3, 0.4) is 0 Å². The van der Waals surface area contributed by atoms with Gasteiger partial charge in [0.05, 0.1) is 6.42 Å². The maximum Gasteiger partial charge on any atom is 0.312 e. The van der Waals surface area contributed by atoms with Crippen molar-refractivity contribution in [1.29, 1.82) is 0 Å². The van der Waals surface area contributed by atoms with Crippen molar-refractivity contribution >= 4 is 17.8 Å². The standard InChI is InChI=1S/C15H21FN4O3/c1-3-9(2)13(18-15(17)23)14(22)20-19-12(21)8-10-4-6-11(16)7-5-10/h4-7,9,13H,3,8H2,1-2H3,(H,19,21)(H,20,22)(H3,17,18,23)/t9-,13-/m0/s1. The van der Waals surface area contributed by atoms with Gasteiger partial charge in [0.2, 0.25) is 5.91 Å². The molecule has 0 fully saturated rings. The van der Waals surface area contributed by atoms with Crippen LogP contribution in [0.1, 0.15) is 25.8 Å². The molecule has 0 aliphatic carbocycles. The highest BCUT2D eigenvalue weighted by atomic mass is 19.1. The van der Waals surface area contributed by atoms with E-state index in [1.54, 1.807) is 6.92 Å². The summed E-state index contributed by atoms with van der Waals surface area (Å²) in [6.45, 7) is 3.64. The number of amides is 4. The van der Waals surface area contributed by atoms with E-state index >= 15 is 0 Å². The average molecular weight is 324 g/mol. The van der Waals surface area contributed by atoms with E-state index in [-0.39, 0.29) is 12.3 Å². The second-order valence-electron chi connectivity index (χ2n) is 5.21. The van der Waals surface area contributed by atoms with Gasteiger partial charge in [-0.15, -0.1) is 0 Å². The first-order valence-electron chi connectivity index (χ1n) is 7.22. The molecule has 126 valence electrons. The zero-order valence-electron chi connectivity index (χ0n) is 13.1. The molecular formula is C15H21FN4O3. The van der Waals surface area contributed by atoms with Crippen molar-refractivity contribution in [3.05, 3.63) is 35.6 Å². The molecule has 1 rings (SSSR count). The van der Waals surface area contributed by atoms with Crippen molar-refractivity contribution in [3.8, 4) is 0 Å². The molecule has 0 spiro atoms. The highest BCUT2D eigenvalue weighted by molar-refractivity contribution is 5.89. The lowest BCUT2D eigenvalue weighted by molar-refractivity contribution is -0.130. The molecule has 1 aromatic rings. The molecule has 2 atom stereocenters. The Labute approximate surface area is 133 Å². The number of rotatable bonds is 6. The molecular weight excluding hydrogens is 303 g/mol. The van der Waals surface area contributed by atoms with Gasteiger partial charge in [-0.2, -0.15) is 0 Å². The van der Waals surface area contributed by atoms with E-state index in [4.69, 9.17) is 5.73 Å². The number of carbonyl (C=O) groups is 3. The van der Waals surface area contributed by atoms with Gasteiger partial charge >= 0.3 is 6.03 Å². The molecule has 23 heavy (non-hydrogen) atoms. The van der Waals surface area contributed by atoms with E-state index in [9.17, 15) is 18.8 Å². The first-order valence-corrected chi connectivity index (χ1v) is 7.22. The number of hydrogen-bond donors (Lipinski definition) is 4. The predicted molar refractivity (Wildman–Crippen MR) is 82.4 cm³/mol. The molecule has 0 aliphatic heterocycles. The SMILES string of the molecule is CC[C@H](C)[C@H](NC(N)=O)C(=O)NNC(=O)Cc1ccc(F)cc1. The van der Waals surface area contributed by atoms with Gasteiger partial charge in [-0.3, -0.25) is 20.4 Å². The fraction of sp³-hybridized carbons (Fsp3) is 0.400. The molecule has 5 N–H and O–H groups in total. The van der Waals surface area contributed by atoms with Crippen molar-refractivity contribution in [3.63, 3.8) is 0 Å². The van der Waals surface area contributed by atoms with Crippen molar-refractivity contribution in [2.75, 3.05) is 0 Å². The van der Waals surface area contributed by atoms with Gasteiger partial charge in [0, 0.05) is 0 Å². The van der Waals surface area contributed by atoms with Crippen LogP contribution in [-0.2, 0) is 16.0 Å². The number of nitrogens with one attached hydrogen (secondary N) is 3. The molecule has 0 aromatic heterocycles. The molecule has 0 saturated heterocycles. The second kappa shape index (κ2) is 8.72.